The van der Waals surface area contributed by atoms with Crippen molar-refractivity contribution in [1.29, 1.82) is 0 Å². The molecule has 0 fully saturated rings. The Morgan fingerprint density at radius 1 is 1.05 bits per heavy atom. The number of rotatable bonds is 2. The number of nitrogens with zero attached hydrogens (tertiary/aromatic N) is 1. The van der Waals surface area contributed by atoms with E-state index in [4.69, 9.17) is 0 Å². The quantitative estimate of drug-likeness (QED) is 0.392. The van der Waals surface area contributed by atoms with E-state index in [1.807, 2.05) is 6.07 Å². The smallest absolute Gasteiger partial charge is 0.269 e. The van der Waals surface area contributed by atoms with E-state index in [0.29, 0.717) is 11.1 Å². The Labute approximate surface area is 115 Å². The normalized spacial score (nSPS) is 9.20. The predicted octanol–water partition coefficient (Wildman–Crippen LogP) is 2.33. The molecule has 0 radical (unpaired) electrons. The van der Waals surface area contributed by atoms with Crippen molar-refractivity contribution < 1.29 is 9.72 Å². The van der Waals surface area contributed by atoms with Crippen LogP contribution in [-0.2, 0) is 0 Å². The first-order valence-corrected chi connectivity index (χ1v) is 5.77. The van der Waals surface area contributed by atoms with Crippen molar-refractivity contribution in [2.75, 3.05) is 0 Å². The van der Waals surface area contributed by atoms with Gasteiger partial charge in [0.25, 0.3) is 11.6 Å². The van der Waals surface area contributed by atoms with Crippen molar-refractivity contribution in [1.82, 2.24) is 5.32 Å². The van der Waals surface area contributed by atoms with Crippen molar-refractivity contribution in [3.8, 4) is 12.0 Å². The highest BCUT2D eigenvalue weighted by Crippen LogP contribution is 2.10. The first-order valence-electron chi connectivity index (χ1n) is 5.77. The molecular weight excluding hydrogens is 256 g/mol. The molecule has 0 atom stereocenters. The summed E-state index contributed by atoms with van der Waals surface area (Å²) in [6, 6.07) is 17.0. The van der Waals surface area contributed by atoms with Crippen molar-refractivity contribution in [3.05, 3.63) is 75.8 Å². The van der Waals surface area contributed by atoms with Gasteiger partial charge in [-0.05, 0) is 30.2 Å². The highest BCUT2D eigenvalue weighted by Gasteiger charge is 2.03. The number of carbonyl (C=O) groups is 1. The van der Waals surface area contributed by atoms with Gasteiger partial charge in [-0.25, -0.2) is 0 Å². The molecule has 0 unspecified atom stereocenters. The van der Waals surface area contributed by atoms with Crippen LogP contribution in [0.1, 0.15) is 15.9 Å². The monoisotopic (exact) mass is 266 g/mol. The minimum Gasteiger partial charge on any atom is -0.281 e. The topological polar surface area (TPSA) is 72.2 Å². The summed E-state index contributed by atoms with van der Waals surface area (Å²) in [5.74, 6) is 2.42. The van der Waals surface area contributed by atoms with Gasteiger partial charge in [-0.2, -0.15) is 0 Å². The number of nitro benzene ring substituents is 1. The molecule has 1 amide bonds. The van der Waals surface area contributed by atoms with E-state index < -0.39 is 4.92 Å². The van der Waals surface area contributed by atoms with E-state index in [1.54, 1.807) is 24.3 Å². The molecule has 0 aliphatic rings. The summed E-state index contributed by atoms with van der Waals surface area (Å²) in [6.45, 7) is 0. The van der Waals surface area contributed by atoms with Gasteiger partial charge in [0, 0.05) is 29.3 Å². The molecule has 0 aromatic heterocycles. The summed E-state index contributed by atoms with van der Waals surface area (Å²) in [5.41, 5.74) is 1.11. The summed E-state index contributed by atoms with van der Waals surface area (Å²) >= 11 is 0. The van der Waals surface area contributed by atoms with Gasteiger partial charge in [-0.3, -0.25) is 20.2 Å². The van der Waals surface area contributed by atoms with Crippen LogP contribution in [0.15, 0.2) is 54.6 Å². The fraction of sp³-hybridized carbons (Fsp3) is 0. The summed E-state index contributed by atoms with van der Waals surface area (Å²) < 4.78 is 0. The van der Waals surface area contributed by atoms with Crippen molar-refractivity contribution >= 4 is 11.6 Å². The van der Waals surface area contributed by atoms with E-state index in [1.165, 1.54) is 24.3 Å². The number of hydrogen-bond donors (Lipinski definition) is 1. The van der Waals surface area contributed by atoms with Crippen molar-refractivity contribution in [3.63, 3.8) is 0 Å². The highest BCUT2D eigenvalue weighted by atomic mass is 16.6. The minimum atomic E-state index is -0.478. The SMILES string of the molecule is O=C(NC#Cc1ccc([N+](=O)[O-])cc1)c1ccccc1. The fourth-order valence-electron chi connectivity index (χ4n) is 1.49. The first kappa shape index (κ1) is 13.3. The largest absolute Gasteiger partial charge is 0.281 e. The Hall–Kier alpha value is -3.13. The number of amides is 1. The van der Waals surface area contributed by atoms with Gasteiger partial charge in [0.1, 0.15) is 0 Å². The molecule has 5 heteroatoms. The molecule has 0 spiro atoms. The summed E-state index contributed by atoms with van der Waals surface area (Å²) in [4.78, 5) is 21.7. The minimum absolute atomic E-state index is 0.00358. The van der Waals surface area contributed by atoms with Crippen LogP contribution >= 0.6 is 0 Å². The Morgan fingerprint density at radius 2 is 1.70 bits per heavy atom. The Bertz CT molecular complexity index is 683. The number of carbonyl (C=O) groups excluding carboxylic acids is 1. The Morgan fingerprint density at radius 3 is 2.30 bits per heavy atom. The molecule has 5 nitrogen and oxygen atoms in total. The zero-order valence-electron chi connectivity index (χ0n) is 10.4. The highest BCUT2D eigenvalue weighted by molar-refractivity contribution is 5.95. The second-order valence-corrected chi connectivity index (χ2v) is 3.87. The van der Waals surface area contributed by atoms with Crippen LogP contribution < -0.4 is 5.32 Å². The van der Waals surface area contributed by atoms with Crippen LogP contribution in [0, 0.1) is 22.1 Å². The maximum Gasteiger partial charge on any atom is 0.269 e. The predicted molar refractivity (Wildman–Crippen MR) is 73.9 cm³/mol. The van der Waals surface area contributed by atoms with Crippen molar-refractivity contribution in [2.45, 2.75) is 0 Å². The van der Waals surface area contributed by atoms with Gasteiger partial charge in [0.15, 0.2) is 0 Å². The summed E-state index contributed by atoms with van der Waals surface area (Å²) in [7, 11) is 0. The number of nitrogens with one attached hydrogen (secondary N) is 1. The lowest BCUT2D eigenvalue weighted by atomic mass is 10.2. The lowest BCUT2D eigenvalue weighted by Crippen LogP contribution is -2.17. The molecule has 0 heterocycles. The summed E-state index contributed by atoms with van der Waals surface area (Å²) in [5, 5.41) is 12.9. The second-order valence-electron chi connectivity index (χ2n) is 3.87. The molecule has 20 heavy (non-hydrogen) atoms. The van der Waals surface area contributed by atoms with Crippen molar-refractivity contribution in [2.24, 2.45) is 0 Å². The average molecular weight is 266 g/mol. The third-order valence-electron chi connectivity index (χ3n) is 2.50. The lowest BCUT2D eigenvalue weighted by molar-refractivity contribution is -0.384. The molecule has 2 rings (SSSR count). The number of hydrogen-bond acceptors (Lipinski definition) is 3. The van der Waals surface area contributed by atoms with Crippen LogP contribution in [-0.4, -0.2) is 10.8 Å². The molecule has 0 saturated heterocycles. The van der Waals surface area contributed by atoms with Gasteiger partial charge in [0.05, 0.1) is 4.92 Å². The molecule has 1 N–H and O–H groups in total. The van der Waals surface area contributed by atoms with Gasteiger partial charge in [0.2, 0.25) is 0 Å². The van der Waals surface area contributed by atoms with Gasteiger partial charge >= 0.3 is 0 Å². The Balaban J connectivity index is 2.01. The van der Waals surface area contributed by atoms with E-state index in [2.05, 4.69) is 17.3 Å². The van der Waals surface area contributed by atoms with E-state index in [9.17, 15) is 14.9 Å². The number of nitro groups is 1. The number of non-ortho nitro benzene ring substituents is 1. The van der Waals surface area contributed by atoms with Crippen LogP contribution in [0.4, 0.5) is 5.69 Å². The molecular formula is C15H10N2O3. The standard InChI is InChI=1S/C15H10N2O3/c18-15(13-4-2-1-3-5-13)16-11-10-12-6-8-14(9-7-12)17(19)20/h1-9H,(H,16,18). The maximum absolute atomic E-state index is 11.7. The molecule has 2 aromatic rings. The Kier molecular flexibility index (Phi) is 4.10. The van der Waals surface area contributed by atoms with Gasteiger partial charge in [-0.15, -0.1) is 0 Å². The third-order valence-corrected chi connectivity index (χ3v) is 2.50. The third kappa shape index (κ3) is 3.43. The average Bonchev–Trinajstić information content (AvgIpc) is 2.48. The number of benzene rings is 2. The van der Waals surface area contributed by atoms with Crippen LogP contribution in [0.2, 0.25) is 0 Å². The maximum atomic E-state index is 11.7. The lowest BCUT2D eigenvalue weighted by Gasteiger charge is -1.96. The van der Waals surface area contributed by atoms with Crippen LogP contribution in [0.25, 0.3) is 0 Å². The molecule has 0 aliphatic carbocycles. The van der Waals surface area contributed by atoms with E-state index in [-0.39, 0.29) is 11.6 Å². The molecule has 0 aliphatic heterocycles. The molecule has 2 aromatic carbocycles. The zero-order valence-corrected chi connectivity index (χ0v) is 10.4. The first-order chi connectivity index (χ1) is 9.66. The fourth-order valence-corrected chi connectivity index (χ4v) is 1.49. The van der Waals surface area contributed by atoms with Gasteiger partial charge in [-0.1, -0.05) is 18.2 Å². The summed E-state index contributed by atoms with van der Waals surface area (Å²) in [6.07, 6.45) is 0. The zero-order chi connectivity index (χ0) is 14.4. The molecule has 0 bridgehead atoms. The van der Waals surface area contributed by atoms with E-state index in [0.717, 1.165) is 0 Å². The molecule has 98 valence electrons. The van der Waals surface area contributed by atoms with Gasteiger partial charge < -0.3 is 0 Å². The van der Waals surface area contributed by atoms with Crippen LogP contribution in [0.3, 0.4) is 0 Å². The van der Waals surface area contributed by atoms with E-state index >= 15 is 0 Å². The second kappa shape index (κ2) is 6.16. The van der Waals surface area contributed by atoms with Crippen LogP contribution in [0.5, 0.6) is 0 Å². The molecule has 0 saturated carbocycles.